The van der Waals surface area contributed by atoms with Crippen LogP contribution >= 0.6 is 23.2 Å². The number of nitrogens with one attached hydrogen (secondary N) is 2. The minimum absolute atomic E-state index is 0.0917. The molecule has 0 radical (unpaired) electrons. The predicted molar refractivity (Wildman–Crippen MR) is 99.1 cm³/mol. The molecule has 1 aromatic carbocycles. The van der Waals surface area contributed by atoms with E-state index in [1.807, 2.05) is 0 Å². The van der Waals surface area contributed by atoms with Gasteiger partial charge in [-0.15, -0.1) is 0 Å². The molecule has 0 aliphatic heterocycles. The van der Waals surface area contributed by atoms with Gasteiger partial charge in [0.05, 0.1) is 10.0 Å². The largest absolute Gasteiger partial charge is 0.481 e. The van der Waals surface area contributed by atoms with Crippen molar-refractivity contribution >= 4 is 35.0 Å². The number of ether oxygens (including phenoxy) is 1. The molecule has 5 nitrogen and oxygen atoms in total. The van der Waals surface area contributed by atoms with Crippen LogP contribution in [0.3, 0.4) is 0 Å². The summed E-state index contributed by atoms with van der Waals surface area (Å²) in [5.41, 5.74) is 0. The van der Waals surface area contributed by atoms with Crippen LogP contribution in [0.25, 0.3) is 0 Å². The topological polar surface area (TPSA) is 67.4 Å². The second-order valence-electron chi connectivity index (χ2n) is 6.25. The van der Waals surface area contributed by atoms with E-state index in [4.69, 9.17) is 27.9 Å². The maximum atomic E-state index is 12.0. The Morgan fingerprint density at radius 3 is 2.48 bits per heavy atom. The van der Waals surface area contributed by atoms with Gasteiger partial charge in [0.2, 0.25) is 5.91 Å². The molecule has 0 bridgehead atoms. The lowest BCUT2D eigenvalue weighted by atomic mass is 9.89. The molecule has 0 aromatic heterocycles. The molecule has 0 heterocycles. The van der Waals surface area contributed by atoms with Crippen molar-refractivity contribution < 1.29 is 14.3 Å². The zero-order valence-corrected chi connectivity index (χ0v) is 15.8. The van der Waals surface area contributed by atoms with Crippen LogP contribution in [-0.4, -0.2) is 31.0 Å². The summed E-state index contributed by atoms with van der Waals surface area (Å²) >= 11 is 11.8. The lowest BCUT2D eigenvalue weighted by Gasteiger charge is -2.21. The van der Waals surface area contributed by atoms with Gasteiger partial charge in [0.15, 0.2) is 6.10 Å². The maximum absolute atomic E-state index is 12.0. The standard InChI is InChI=1S/C18H24Cl2N2O3/c1-12(25-14-7-8-15(19)16(20)11-14)17(23)21-9-10-22-18(24)13-5-3-2-4-6-13/h7-8,11-13H,2-6,9-10H2,1H3,(H,21,23)(H,22,24). The van der Waals surface area contributed by atoms with E-state index in [1.165, 1.54) is 6.42 Å². The summed E-state index contributed by atoms with van der Waals surface area (Å²) in [6.07, 6.45) is 4.72. The highest BCUT2D eigenvalue weighted by molar-refractivity contribution is 6.42. The summed E-state index contributed by atoms with van der Waals surface area (Å²) in [5, 5.41) is 6.44. The minimum Gasteiger partial charge on any atom is -0.481 e. The van der Waals surface area contributed by atoms with Crippen molar-refractivity contribution in [3.8, 4) is 5.75 Å². The number of hydrogen-bond donors (Lipinski definition) is 2. The first-order valence-electron chi connectivity index (χ1n) is 8.64. The van der Waals surface area contributed by atoms with E-state index in [9.17, 15) is 9.59 Å². The summed E-state index contributed by atoms with van der Waals surface area (Å²) < 4.78 is 5.54. The van der Waals surface area contributed by atoms with Gasteiger partial charge >= 0.3 is 0 Å². The minimum atomic E-state index is -0.675. The predicted octanol–water partition coefficient (Wildman–Crippen LogP) is 3.57. The van der Waals surface area contributed by atoms with Crippen LogP contribution in [0.2, 0.25) is 10.0 Å². The van der Waals surface area contributed by atoms with Gasteiger partial charge in [0, 0.05) is 25.1 Å². The van der Waals surface area contributed by atoms with Crippen molar-refractivity contribution in [3.05, 3.63) is 28.2 Å². The highest BCUT2D eigenvalue weighted by Crippen LogP contribution is 2.27. The monoisotopic (exact) mass is 386 g/mol. The molecule has 2 N–H and O–H groups in total. The average Bonchev–Trinajstić information content (AvgIpc) is 2.62. The fourth-order valence-corrected chi connectivity index (χ4v) is 3.12. The smallest absolute Gasteiger partial charge is 0.260 e. The number of carbonyl (C=O) groups is 2. The highest BCUT2D eigenvalue weighted by Gasteiger charge is 2.20. The fourth-order valence-electron chi connectivity index (χ4n) is 2.83. The molecule has 25 heavy (non-hydrogen) atoms. The number of benzene rings is 1. The summed E-state index contributed by atoms with van der Waals surface area (Å²) in [4.78, 5) is 24.0. The van der Waals surface area contributed by atoms with Crippen LogP contribution in [0, 0.1) is 5.92 Å². The Kier molecular flexibility index (Phi) is 7.85. The molecule has 1 aliphatic carbocycles. The molecule has 1 saturated carbocycles. The van der Waals surface area contributed by atoms with Crippen LogP contribution in [-0.2, 0) is 9.59 Å². The maximum Gasteiger partial charge on any atom is 0.260 e. The lowest BCUT2D eigenvalue weighted by Crippen LogP contribution is -2.42. The SMILES string of the molecule is CC(Oc1ccc(Cl)c(Cl)c1)C(=O)NCCNC(=O)C1CCCCC1. The molecular formula is C18H24Cl2N2O3. The van der Waals surface area contributed by atoms with Crippen LogP contribution in [0.5, 0.6) is 5.75 Å². The molecule has 1 aromatic rings. The molecule has 2 amide bonds. The second-order valence-corrected chi connectivity index (χ2v) is 7.07. The van der Waals surface area contributed by atoms with E-state index >= 15 is 0 Å². The Balaban J connectivity index is 1.66. The summed E-state index contributed by atoms with van der Waals surface area (Å²) in [5.74, 6) is 0.441. The van der Waals surface area contributed by atoms with Gasteiger partial charge in [-0.2, -0.15) is 0 Å². The summed E-state index contributed by atoms with van der Waals surface area (Å²) in [6, 6.07) is 4.84. The summed E-state index contributed by atoms with van der Waals surface area (Å²) in [7, 11) is 0. The number of amides is 2. The zero-order chi connectivity index (χ0) is 18.2. The van der Waals surface area contributed by atoms with Gasteiger partial charge in [0.1, 0.15) is 5.75 Å². The Morgan fingerprint density at radius 1 is 1.12 bits per heavy atom. The number of hydrogen-bond acceptors (Lipinski definition) is 3. The van der Waals surface area contributed by atoms with Crippen molar-refractivity contribution in [3.63, 3.8) is 0 Å². The average molecular weight is 387 g/mol. The van der Waals surface area contributed by atoms with Gasteiger partial charge < -0.3 is 15.4 Å². The normalized spacial score (nSPS) is 16.1. The van der Waals surface area contributed by atoms with E-state index in [0.717, 1.165) is 25.7 Å². The molecule has 1 unspecified atom stereocenters. The molecule has 7 heteroatoms. The molecule has 1 aliphatic rings. The zero-order valence-electron chi connectivity index (χ0n) is 14.3. The molecule has 0 saturated heterocycles. The van der Waals surface area contributed by atoms with Crippen LogP contribution < -0.4 is 15.4 Å². The van der Waals surface area contributed by atoms with E-state index < -0.39 is 6.10 Å². The fraction of sp³-hybridized carbons (Fsp3) is 0.556. The third-order valence-corrected chi connectivity index (χ3v) is 5.01. The third kappa shape index (κ3) is 6.40. The van der Waals surface area contributed by atoms with Gasteiger partial charge in [-0.1, -0.05) is 42.5 Å². The van der Waals surface area contributed by atoms with Gasteiger partial charge in [-0.3, -0.25) is 9.59 Å². The Hall–Kier alpha value is -1.46. The lowest BCUT2D eigenvalue weighted by molar-refractivity contribution is -0.128. The van der Waals surface area contributed by atoms with E-state index in [2.05, 4.69) is 10.6 Å². The Bertz CT molecular complexity index is 604. The van der Waals surface area contributed by atoms with Crippen molar-refractivity contribution in [2.24, 2.45) is 5.92 Å². The molecule has 1 atom stereocenters. The quantitative estimate of drug-likeness (QED) is 0.703. The first-order valence-corrected chi connectivity index (χ1v) is 9.40. The van der Waals surface area contributed by atoms with Gasteiger partial charge in [-0.05, 0) is 31.9 Å². The number of carbonyl (C=O) groups excluding carboxylic acids is 2. The van der Waals surface area contributed by atoms with Crippen molar-refractivity contribution in [1.29, 1.82) is 0 Å². The first-order chi connectivity index (χ1) is 12.0. The molecule has 1 fully saturated rings. The molecule has 0 spiro atoms. The molecule has 2 rings (SSSR count). The van der Waals surface area contributed by atoms with Crippen molar-refractivity contribution in [2.45, 2.75) is 45.1 Å². The van der Waals surface area contributed by atoms with E-state index in [1.54, 1.807) is 25.1 Å². The van der Waals surface area contributed by atoms with Gasteiger partial charge in [-0.25, -0.2) is 0 Å². The second kappa shape index (κ2) is 9.88. The number of halogens is 2. The Labute approximate surface area is 158 Å². The Morgan fingerprint density at radius 2 is 1.80 bits per heavy atom. The molecular weight excluding hydrogens is 363 g/mol. The summed E-state index contributed by atoms with van der Waals surface area (Å²) in [6.45, 7) is 2.44. The van der Waals surface area contributed by atoms with Crippen molar-refractivity contribution in [2.75, 3.05) is 13.1 Å². The van der Waals surface area contributed by atoms with E-state index in [0.29, 0.717) is 28.9 Å². The number of rotatable bonds is 7. The van der Waals surface area contributed by atoms with Crippen molar-refractivity contribution in [1.82, 2.24) is 10.6 Å². The van der Waals surface area contributed by atoms with Crippen LogP contribution in [0.15, 0.2) is 18.2 Å². The highest BCUT2D eigenvalue weighted by atomic mass is 35.5. The van der Waals surface area contributed by atoms with Crippen LogP contribution in [0.4, 0.5) is 0 Å². The van der Waals surface area contributed by atoms with E-state index in [-0.39, 0.29) is 17.7 Å². The third-order valence-electron chi connectivity index (χ3n) is 4.27. The molecule has 138 valence electrons. The van der Waals surface area contributed by atoms with Gasteiger partial charge in [0.25, 0.3) is 5.91 Å². The van der Waals surface area contributed by atoms with Crippen LogP contribution in [0.1, 0.15) is 39.0 Å². The first kappa shape index (κ1) is 19.9.